The third-order valence-corrected chi connectivity index (χ3v) is 7.35. The van der Waals surface area contributed by atoms with Crippen LogP contribution in [0.1, 0.15) is 37.8 Å². The average molecular weight is 449 g/mol. The third-order valence-electron chi connectivity index (χ3n) is 7.35. The first-order valence-electron chi connectivity index (χ1n) is 11.9. The Kier molecular flexibility index (Phi) is 5.79. The molecule has 0 bridgehead atoms. The van der Waals surface area contributed by atoms with Crippen molar-refractivity contribution in [3.8, 4) is 17.2 Å². The second-order valence-electron chi connectivity index (χ2n) is 8.93. The Morgan fingerprint density at radius 2 is 1.67 bits per heavy atom. The van der Waals surface area contributed by atoms with Crippen LogP contribution < -0.4 is 14.2 Å². The molecular weight excluding hydrogens is 416 g/mol. The van der Waals surface area contributed by atoms with Crippen LogP contribution in [0, 0.1) is 0 Å². The van der Waals surface area contributed by atoms with Crippen molar-refractivity contribution in [1.82, 2.24) is 9.80 Å². The van der Waals surface area contributed by atoms with Gasteiger partial charge in [0.25, 0.3) is 0 Å². The number of methoxy groups -OCH3 is 2. The lowest BCUT2D eigenvalue weighted by Crippen LogP contribution is -2.35. The molecule has 0 aliphatic carbocycles. The summed E-state index contributed by atoms with van der Waals surface area (Å²) in [5.41, 5.74) is 2.79. The van der Waals surface area contributed by atoms with Gasteiger partial charge in [-0.1, -0.05) is 6.07 Å². The normalized spacial score (nSPS) is 17.6. The second kappa shape index (κ2) is 8.75. The molecule has 0 spiro atoms. The van der Waals surface area contributed by atoms with Crippen molar-refractivity contribution in [2.24, 2.45) is 0 Å². The van der Waals surface area contributed by atoms with Gasteiger partial charge in [0.05, 0.1) is 14.2 Å². The molecule has 1 fully saturated rings. The van der Waals surface area contributed by atoms with E-state index in [1.165, 1.54) is 34.7 Å². The first kappa shape index (κ1) is 21.8. The maximum Gasteiger partial charge on any atom is 0.415 e. The largest absolute Gasteiger partial charge is 0.493 e. The molecule has 6 nitrogen and oxygen atoms in total. The summed E-state index contributed by atoms with van der Waals surface area (Å²) in [5.74, 6) is 2.00. The van der Waals surface area contributed by atoms with Crippen LogP contribution in [0.25, 0.3) is 21.5 Å². The van der Waals surface area contributed by atoms with E-state index in [9.17, 15) is 4.79 Å². The zero-order valence-electron chi connectivity index (χ0n) is 19.9. The summed E-state index contributed by atoms with van der Waals surface area (Å²) < 4.78 is 17.0. The maximum absolute atomic E-state index is 12.6. The van der Waals surface area contributed by atoms with E-state index >= 15 is 0 Å². The highest BCUT2D eigenvalue weighted by Crippen LogP contribution is 2.44. The molecule has 33 heavy (non-hydrogen) atoms. The van der Waals surface area contributed by atoms with E-state index in [1.807, 2.05) is 26.0 Å². The predicted octanol–water partition coefficient (Wildman–Crippen LogP) is 5.37. The van der Waals surface area contributed by atoms with Crippen LogP contribution in [0.4, 0.5) is 4.79 Å². The third kappa shape index (κ3) is 3.66. The van der Waals surface area contributed by atoms with E-state index in [1.54, 1.807) is 19.1 Å². The molecule has 0 N–H and O–H groups in total. The quantitative estimate of drug-likeness (QED) is 0.491. The summed E-state index contributed by atoms with van der Waals surface area (Å²) in [6, 6.07) is 10.8. The molecule has 1 amide bonds. The molecule has 3 aromatic carbocycles. The van der Waals surface area contributed by atoms with Crippen LogP contribution in [-0.4, -0.2) is 55.8 Å². The zero-order chi connectivity index (χ0) is 23.1. The molecule has 2 aliphatic rings. The number of benzene rings is 3. The van der Waals surface area contributed by atoms with Crippen molar-refractivity contribution < 1.29 is 19.0 Å². The minimum Gasteiger partial charge on any atom is -0.493 e. The van der Waals surface area contributed by atoms with Crippen LogP contribution in [0.2, 0.25) is 0 Å². The fourth-order valence-corrected chi connectivity index (χ4v) is 5.58. The first-order valence-corrected chi connectivity index (χ1v) is 11.9. The molecule has 1 atom stereocenters. The first-order chi connectivity index (χ1) is 16.1. The zero-order valence-corrected chi connectivity index (χ0v) is 19.9. The van der Waals surface area contributed by atoms with E-state index in [0.717, 1.165) is 36.0 Å². The van der Waals surface area contributed by atoms with Gasteiger partial charge in [-0.3, -0.25) is 4.90 Å². The van der Waals surface area contributed by atoms with Crippen LogP contribution >= 0.6 is 0 Å². The highest BCUT2D eigenvalue weighted by molar-refractivity contribution is 6.12. The second-order valence-corrected chi connectivity index (χ2v) is 8.93. The van der Waals surface area contributed by atoms with Crippen LogP contribution in [0.5, 0.6) is 17.2 Å². The number of ether oxygens (including phenoxy) is 3. The van der Waals surface area contributed by atoms with E-state index < -0.39 is 0 Å². The van der Waals surface area contributed by atoms with Gasteiger partial charge < -0.3 is 19.1 Å². The Bertz CT molecular complexity index is 1220. The van der Waals surface area contributed by atoms with Crippen molar-refractivity contribution in [3.05, 3.63) is 41.5 Å². The van der Waals surface area contributed by atoms with E-state index in [-0.39, 0.29) is 6.09 Å². The number of rotatable bonds is 5. The van der Waals surface area contributed by atoms with Crippen molar-refractivity contribution >= 4 is 27.6 Å². The van der Waals surface area contributed by atoms with Crippen LogP contribution in [-0.2, 0) is 13.0 Å². The van der Waals surface area contributed by atoms with Gasteiger partial charge in [0.2, 0.25) is 0 Å². The lowest BCUT2D eigenvalue weighted by atomic mass is 9.85. The van der Waals surface area contributed by atoms with Crippen molar-refractivity contribution in [2.45, 2.75) is 45.7 Å². The molecule has 2 aliphatic heterocycles. The molecule has 1 saturated heterocycles. The maximum atomic E-state index is 12.6. The molecule has 2 heterocycles. The number of fused-ring (bicyclic) bond motifs is 7. The van der Waals surface area contributed by atoms with Crippen molar-refractivity contribution in [1.29, 1.82) is 0 Å². The van der Waals surface area contributed by atoms with Crippen molar-refractivity contribution in [2.75, 3.05) is 33.9 Å². The number of amides is 1. The van der Waals surface area contributed by atoms with Crippen LogP contribution in [0.3, 0.4) is 0 Å². The number of hydrogen-bond donors (Lipinski definition) is 0. The van der Waals surface area contributed by atoms with E-state index in [0.29, 0.717) is 30.6 Å². The minimum absolute atomic E-state index is 0.317. The molecule has 0 radical (unpaired) electrons. The van der Waals surface area contributed by atoms with E-state index in [4.69, 9.17) is 14.2 Å². The number of carbonyl (C=O) groups excluding carboxylic acids is 1. The average Bonchev–Trinajstić information content (AvgIpc) is 3.30. The molecule has 6 heteroatoms. The van der Waals surface area contributed by atoms with Gasteiger partial charge in [0.1, 0.15) is 5.75 Å². The summed E-state index contributed by atoms with van der Waals surface area (Å²) >= 11 is 0. The molecule has 0 saturated carbocycles. The Morgan fingerprint density at radius 3 is 2.36 bits per heavy atom. The van der Waals surface area contributed by atoms with Gasteiger partial charge in [-0.15, -0.1) is 0 Å². The summed E-state index contributed by atoms with van der Waals surface area (Å²) in [6.07, 6.45) is 3.25. The summed E-state index contributed by atoms with van der Waals surface area (Å²) in [4.78, 5) is 16.9. The highest BCUT2D eigenvalue weighted by atomic mass is 16.6. The van der Waals surface area contributed by atoms with E-state index in [2.05, 4.69) is 23.1 Å². The van der Waals surface area contributed by atoms with Gasteiger partial charge >= 0.3 is 6.09 Å². The van der Waals surface area contributed by atoms with Gasteiger partial charge in [0.15, 0.2) is 11.5 Å². The van der Waals surface area contributed by atoms with Crippen molar-refractivity contribution in [3.63, 3.8) is 0 Å². The molecule has 0 unspecified atom stereocenters. The number of hydrogen-bond acceptors (Lipinski definition) is 5. The standard InChI is InChI=1S/C27H32N2O4/c1-5-28(6-2)27(30)33-18-9-10-19-20-12-17-8-7-11-29(17)16-24(20)23-15-26(32-4)25(31-3)14-22(23)21(19)13-18/h9-10,13-15,17H,5-8,11-12,16H2,1-4H3/t17-/m0/s1. The number of carbonyl (C=O) groups is 1. The molecule has 3 aromatic rings. The Balaban J connectivity index is 1.71. The molecule has 0 aromatic heterocycles. The fourth-order valence-electron chi connectivity index (χ4n) is 5.58. The molecular formula is C27H32N2O4. The Hall–Kier alpha value is -2.99. The molecule has 5 rings (SSSR count). The van der Waals surface area contributed by atoms with Crippen LogP contribution in [0.15, 0.2) is 30.3 Å². The smallest absolute Gasteiger partial charge is 0.415 e. The summed E-state index contributed by atoms with van der Waals surface area (Å²) in [5, 5.41) is 4.60. The lowest BCUT2D eigenvalue weighted by molar-refractivity contribution is 0.157. The summed E-state index contributed by atoms with van der Waals surface area (Å²) in [7, 11) is 3.34. The minimum atomic E-state index is -0.317. The summed E-state index contributed by atoms with van der Waals surface area (Å²) in [6.45, 7) is 7.27. The SMILES string of the molecule is CCN(CC)C(=O)Oc1ccc2c3c(c4cc(OC)c(OC)cc4c2c1)CN1CCC[C@H]1C3. The Labute approximate surface area is 195 Å². The highest BCUT2D eigenvalue weighted by Gasteiger charge is 2.32. The van der Waals surface area contributed by atoms with Gasteiger partial charge in [-0.2, -0.15) is 0 Å². The van der Waals surface area contributed by atoms with Gasteiger partial charge in [-0.05, 0) is 96.6 Å². The fraction of sp³-hybridized carbons (Fsp3) is 0.444. The van der Waals surface area contributed by atoms with Gasteiger partial charge in [-0.25, -0.2) is 4.79 Å². The molecule has 174 valence electrons. The monoisotopic (exact) mass is 448 g/mol. The number of nitrogens with zero attached hydrogens (tertiary/aromatic N) is 2. The predicted molar refractivity (Wildman–Crippen MR) is 131 cm³/mol. The Morgan fingerprint density at radius 1 is 0.970 bits per heavy atom. The van der Waals surface area contributed by atoms with Gasteiger partial charge in [0, 0.05) is 25.7 Å². The lowest BCUT2D eigenvalue weighted by Gasteiger charge is -2.33. The topological polar surface area (TPSA) is 51.2 Å².